The average Bonchev–Trinajstić information content (AvgIpc) is 2.65. The maximum atomic E-state index is 4.67. The summed E-state index contributed by atoms with van der Waals surface area (Å²) in [5.41, 5.74) is 1.25. The molecule has 0 aromatic carbocycles. The summed E-state index contributed by atoms with van der Waals surface area (Å²) in [6.45, 7) is 9.57. The molecule has 2 fully saturated rings. The standard InChI is InChI=1S/C19H32N6.HI/c1-16-6-9-25(10-7-16)19(20-2)22-15-17-5-4-8-21-18(17)24-13-11-23(3)12-14-24;/h4-5,8,16H,6-7,9-15H2,1-3H3,(H,20,22);1H. The van der Waals surface area contributed by atoms with E-state index in [2.05, 4.69) is 50.0 Å². The molecule has 0 bridgehead atoms. The molecule has 2 aliphatic heterocycles. The Kier molecular flexibility index (Phi) is 8.40. The SMILES string of the molecule is CN=C(NCc1cccnc1N1CCN(C)CC1)N1CCC(C)CC1.I. The second-order valence-corrected chi connectivity index (χ2v) is 7.35. The van der Waals surface area contributed by atoms with Gasteiger partial charge in [0.1, 0.15) is 5.82 Å². The maximum Gasteiger partial charge on any atom is 0.193 e. The minimum absolute atomic E-state index is 0. The Bertz CT molecular complexity index is 577. The largest absolute Gasteiger partial charge is 0.354 e. The van der Waals surface area contributed by atoms with Crippen molar-refractivity contribution in [1.29, 1.82) is 0 Å². The Morgan fingerprint density at radius 3 is 2.54 bits per heavy atom. The number of nitrogens with zero attached hydrogens (tertiary/aromatic N) is 5. The average molecular weight is 472 g/mol. The van der Waals surface area contributed by atoms with Gasteiger partial charge in [0.2, 0.25) is 0 Å². The van der Waals surface area contributed by atoms with Gasteiger partial charge in [0.25, 0.3) is 0 Å². The highest BCUT2D eigenvalue weighted by Crippen LogP contribution is 2.19. The zero-order valence-electron chi connectivity index (χ0n) is 16.3. The smallest absolute Gasteiger partial charge is 0.193 e. The van der Waals surface area contributed by atoms with E-state index in [-0.39, 0.29) is 24.0 Å². The van der Waals surface area contributed by atoms with Gasteiger partial charge in [0.05, 0.1) is 0 Å². The molecule has 0 aliphatic carbocycles. The van der Waals surface area contributed by atoms with E-state index in [0.717, 1.165) is 63.5 Å². The van der Waals surface area contributed by atoms with Gasteiger partial charge in [0.15, 0.2) is 5.96 Å². The first-order valence-electron chi connectivity index (χ1n) is 9.50. The quantitative estimate of drug-likeness (QED) is 0.416. The molecule has 1 N–H and O–H groups in total. The number of anilines is 1. The fourth-order valence-electron chi connectivity index (χ4n) is 3.60. The normalized spacial score (nSPS) is 20.0. The minimum atomic E-state index is 0. The molecule has 1 aromatic heterocycles. The Labute approximate surface area is 175 Å². The van der Waals surface area contributed by atoms with Crippen molar-refractivity contribution < 1.29 is 0 Å². The Morgan fingerprint density at radius 2 is 1.88 bits per heavy atom. The number of halogens is 1. The third-order valence-electron chi connectivity index (χ3n) is 5.40. The summed E-state index contributed by atoms with van der Waals surface area (Å²) >= 11 is 0. The summed E-state index contributed by atoms with van der Waals surface area (Å²) in [5.74, 6) is 2.96. The van der Waals surface area contributed by atoms with Crippen molar-refractivity contribution in [2.45, 2.75) is 26.3 Å². The highest BCUT2D eigenvalue weighted by atomic mass is 127. The van der Waals surface area contributed by atoms with Crippen molar-refractivity contribution in [2.24, 2.45) is 10.9 Å². The first-order valence-corrected chi connectivity index (χ1v) is 9.50. The third kappa shape index (κ3) is 5.45. The number of hydrogen-bond donors (Lipinski definition) is 1. The molecule has 146 valence electrons. The van der Waals surface area contributed by atoms with Crippen LogP contribution in [-0.4, -0.2) is 74.1 Å². The molecule has 0 radical (unpaired) electrons. The van der Waals surface area contributed by atoms with Crippen LogP contribution in [0.15, 0.2) is 23.3 Å². The summed E-state index contributed by atoms with van der Waals surface area (Å²) < 4.78 is 0. The number of pyridine rings is 1. The number of piperazine rings is 1. The van der Waals surface area contributed by atoms with E-state index in [1.807, 2.05) is 19.3 Å². The predicted octanol–water partition coefficient (Wildman–Crippen LogP) is 2.26. The number of guanidine groups is 1. The fraction of sp³-hybridized carbons (Fsp3) is 0.684. The summed E-state index contributed by atoms with van der Waals surface area (Å²) in [4.78, 5) is 16.3. The topological polar surface area (TPSA) is 47.0 Å². The zero-order valence-corrected chi connectivity index (χ0v) is 18.6. The minimum Gasteiger partial charge on any atom is -0.354 e. The molecule has 3 heterocycles. The second kappa shape index (κ2) is 10.3. The van der Waals surface area contributed by atoms with Crippen LogP contribution in [0.3, 0.4) is 0 Å². The number of nitrogens with one attached hydrogen (secondary N) is 1. The number of aliphatic imine (C=N–C) groups is 1. The summed E-state index contributed by atoms with van der Waals surface area (Å²) in [7, 11) is 4.06. The van der Waals surface area contributed by atoms with Crippen LogP contribution in [0.25, 0.3) is 0 Å². The summed E-state index contributed by atoms with van der Waals surface area (Å²) in [5, 5.41) is 3.56. The van der Waals surface area contributed by atoms with Crippen LogP contribution in [0.2, 0.25) is 0 Å². The van der Waals surface area contributed by atoms with Crippen molar-refractivity contribution in [3.05, 3.63) is 23.9 Å². The van der Waals surface area contributed by atoms with Gasteiger partial charge in [-0.15, -0.1) is 24.0 Å². The van der Waals surface area contributed by atoms with Crippen LogP contribution < -0.4 is 10.2 Å². The third-order valence-corrected chi connectivity index (χ3v) is 5.40. The van der Waals surface area contributed by atoms with Gasteiger partial charge in [-0.05, 0) is 31.9 Å². The van der Waals surface area contributed by atoms with Gasteiger partial charge < -0.3 is 20.0 Å². The van der Waals surface area contributed by atoms with E-state index in [1.165, 1.54) is 18.4 Å². The van der Waals surface area contributed by atoms with E-state index < -0.39 is 0 Å². The fourth-order valence-corrected chi connectivity index (χ4v) is 3.60. The highest BCUT2D eigenvalue weighted by Gasteiger charge is 2.20. The van der Waals surface area contributed by atoms with E-state index in [9.17, 15) is 0 Å². The molecule has 2 aliphatic rings. The van der Waals surface area contributed by atoms with Gasteiger partial charge in [-0.25, -0.2) is 4.98 Å². The van der Waals surface area contributed by atoms with Gasteiger partial charge >= 0.3 is 0 Å². The van der Waals surface area contributed by atoms with Crippen LogP contribution in [0.5, 0.6) is 0 Å². The van der Waals surface area contributed by atoms with Crippen molar-refractivity contribution in [1.82, 2.24) is 20.1 Å². The molecule has 0 amide bonds. The van der Waals surface area contributed by atoms with E-state index in [0.29, 0.717) is 0 Å². The van der Waals surface area contributed by atoms with Crippen LogP contribution in [0.1, 0.15) is 25.3 Å². The number of likely N-dealkylation sites (N-methyl/N-ethyl adjacent to an activating group) is 1. The molecule has 7 heteroatoms. The molecular formula is C19H33IN6. The van der Waals surface area contributed by atoms with Crippen LogP contribution >= 0.6 is 24.0 Å². The van der Waals surface area contributed by atoms with Crippen LogP contribution in [0, 0.1) is 5.92 Å². The molecule has 26 heavy (non-hydrogen) atoms. The number of rotatable bonds is 3. The predicted molar refractivity (Wildman–Crippen MR) is 120 cm³/mol. The van der Waals surface area contributed by atoms with Crippen LogP contribution in [0.4, 0.5) is 5.82 Å². The lowest BCUT2D eigenvalue weighted by Crippen LogP contribution is -2.46. The Hall–Kier alpha value is -1.09. The van der Waals surface area contributed by atoms with E-state index in [1.54, 1.807) is 0 Å². The molecule has 0 atom stereocenters. The van der Waals surface area contributed by atoms with Gasteiger partial charge in [0, 0.05) is 64.6 Å². The lowest BCUT2D eigenvalue weighted by molar-refractivity contribution is 0.273. The zero-order chi connectivity index (χ0) is 17.6. The lowest BCUT2D eigenvalue weighted by atomic mass is 10.00. The number of piperidine rings is 1. The van der Waals surface area contributed by atoms with Crippen molar-refractivity contribution in [3.8, 4) is 0 Å². The second-order valence-electron chi connectivity index (χ2n) is 7.35. The van der Waals surface area contributed by atoms with E-state index in [4.69, 9.17) is 0 Å². The first-order chi connectivity index (χ1) is 12.2. The molecule has 0 spiro atoms. The van der Waals surface area contributed by atoms with Crippen molar-refractivity contribution in [2.75, 3.05) is 58.3 Å². The van der Waals surface area contributed by atoms with Gasteiger partial charge in [-0.2, -0.15) is 0 Å². The molecule has 1 aromatic rings. The summed E-state index contributed by atoms with van der Waals surface area (Å²) in [6, 6.07) is 4.21. The summed E-state index contributed by atoms with van der Waals surface area (Å²) in [6.07, 6.45) is 4.40. The number of aromatic nitrogens is 1. The molecule has 0 saturated carbocycles. The Morgan fingerprint density at radius 1 is 1.19 bits per heavy atom. The van der Waals surface area contributed by atoms with Crippen molar-refractivity contribution in [3.63, 3.8) is 0 Å². The van der Waals surface area contributed by atoms with Gasteiger partial charge in [-0.3, -0.25) is 4.99 Å². The van der Waals surface area contributed by atoms with Crippen LogP contribution in [-0.2, 0) is 6.54 Å². The molecule has 6 nitrogen and oxygen atoms in total. The van der Waals surface area contributed by atoms with E-state index >= 15 is 0 Å². The highest BCUT2D eigenvalue weighted by molar-refractivity contribution is 14.0. The monoisotopic (exact) mass is 472 g/mol. The number of hydrogen-bond acceptors (Lipinski definition) is 4. The maximum absolute atomic E-state index is 4.67. The lowest BCUT2D eigenvalue weighted by Gasteiger charge is -2.35. The molecule has 3 rings (SSSR count). The molecule has 0 unspecified atom stereocenters. The molecule has 2 saturated heterocycles. The van der Waals surface area contributed by atoms with Crippen molar-refractivity contribution >= 4 is 35.8 Å². The molecular weight excluding hydrogens is 439 g/mol. The van der Waals surface area contributed by atoms with Gasteiger partial charge in [-0.1, -0.05) is 13.0 Å². The first kappa shape index (κ1) is 21.2. The number of likely N-dealkylation sites (tertiary alicyclic amines) is 1. The Balaban J connectivity index is 0.00000243.